The summed E-state index contributed by atoms with van der Waals surface area (Å²) in [6.07, 6.45) is 2.11. The van der Waals surface area contributed by atoms with Crippen LogP contribution in [-0.2, 0) is 11.3 Å². The van der Waals surface area contributed by atoms with E-state index in [1.165, 1.54) is 4.40 Å². The summed E-state index contributed by atoms with van der Waals surface area (Å²) in [5.74, 6) is 0.129. The van der Waals surface area contributed by atoms with Crippen LogP contribution in [0.2, 0.25) is 0 Å². The Hall–Kier alpha value is -3.56. The number of nitrogens with zero attached hydrogens (tertiary/aromatic N) is 6. The van der Waals surface area contributed by atoms with Crippen molar-refractivity contribution in [2.24, 2.45) is 0 Å². The van der Waals surface area contributed by atoms with Crippen LogP contribution >= 0.6 is 0 Å². The highest BCUT2D eigenvalue weighted by Gasteiger charge is 2.27. The van der Waals surface area contributed by atoms with Gasteiger partial charge >= 0.3 is 5.69 Å². The lowest BCUT2D eigenvalue weighted by molar-refractivity contribution is 0.134. The molecule has 35 heavy (non-hydrogen) atoms. The molecule has 1 fully saturated rings. The van der Waals surface area contributed by atoms with E-state index in [1.807, 2.05) is 56.3 Å². The fourth-order valence-corrected chi connectivity index (χ4v) is 5.08. The number of ether oxygens (including phenoxy) is 1. The van der Waals surface area contributed by atoms with Gasteiger partial charge in [0.05, 0.1) is 24.4 Å². The predicted molar refractivity (Wildman–Crippen MR) is 136 cm³/mol. The maximum absolute atomic E-state index is 13.5. The third-order valence-electron chi connectivity index (χ3n) is 6.64. The minimum Gasteiger partial charge on any atom is -0.383 e. The van der Waals surface area contributed by atoms with Crippen LogP contribution in [0.3, 0.4) is 0 Å². The largest absolute Gasteiger partial charge is 0.383 e. The van der Waals surface area contributed by atoms with E-state index in [1.54, 1.807) is 11.8 Å². The van der Waals surface area contributed by atoms with Gasteiger partial charge in [-0.1, -0.05) is 30.3 Å². The minimum absolute atomic E-state index is 0.129. The average Bonchev–Trinajstić information content (AvgIpc) is 3.41. The third kappa shape index (κ3) is 4.44. The van der Waals surface area contributed by atoms with Crippen LogP contribution in [0.4, 0.5) is 5.95 Å². The number of pyridine rings is 1. The number of hydrogen-bond donors (Lipinski definition) is 1. The quantitative estimate of drug-likeness (QED) is 0.440. The number of aromatic nitrogens is 5. The van der Waals surface area contributed by atoms with Crippen LogP contribution in [0, 0.1) is 13.8 Å². The Bertz CT molecular complexity index is 1390. The molecule has 0 bridgehead atoms. The molecule has 4 aromatic rings. The highest BCUT2D eigenvalue weighted by molar-refractivity contribution is 5.90. The summed E-state index contributed by atoms with van der Waals surface area (Å²) in [5.41, 5.74) is 11.7. The zero-order valence-corrected chi connectivity index (χ0v) is 20.4. The first-order valence-electron chi connectivity index (χ1n) is 12.0. The summed E-state index contributed by atoms with van der Waals surface area (Å²) in [6.45, 7) is 6.92. The molecule has 0 radical (unpaired) electrons. The summed E-state index contributed by atoms with van der Waals surface area (Å²) in [5, 5.41) is 4.84. The number of aryl methyl sites for hydroxylation is 2. The molecular weight excluding hydrogens is 442 g/mol. The standard InChI is InChI=1S/C26H31N7O2/c1-17-14-20(15-18(2)28-17)22-23(19-8-5-4-6-9-19)29-25(27)33-24(22)30-32(26(33)34)16-21-10-7-11-31(21)12-13-35-3/h4-6,8-9,14-15,21H,7,10-13,16H2,1-3H3,(H2,27,29)/t21-/m0/s1. The van der Waals surface area contributed by atoms with Gasteiger partial charge in [-0.25, -0.2) is 18.9 Å². The molecule has 0 unspecified atom stereocenters. The van der Waals surface area contributed by atoms with Crippen LogP contribution in [0.15, 0.2) is 47.3 Å². The number of hydrogen-bond acceptors (Lipinski definition) is 7. The van der Waals surface area contributed by atoms with Crippen molar-refractivity contribution in [3.05, 3.63) is 64.3 Å². The van der Waals surface area contributed by atoms with Crippen LogP contribution < -0.4 is 11.4 Å². The van der Waals surface area contributed by atoms with Crippen molar-refractivity contribution in [3.63, 3.8) is 0 Å². The molecule has 0 spiro atoms. The summed E-state index contributed by atoms with van der Waals surface area (Å²) in [6, 6.07) is 14.1. The molecule has 182 valence electrons. The lowest BCUT2D eigenvalue weighted by Crippen LogP contribution is -2.38. The summed E-state index contributed by atoms with van der Waals surface area (Å²) in [4.78, 5) is 25.1. The predicted octanol–water partition coefficient (Wildman–Crippen LogP) is 2.93. The van der Waals surface area contributed by atoms with E-state index >= 15 is 0 Å². The first-order chi connectivity index (χ1) is 17.0. The minimum atomic E-state index is -0.271. The number of nitrogens with two attached hydrogens (primary N) is 1. The molecule has 9 nitrogen and oxygen atoms in total. The molecule has 5 rings (SSSR count). The second kappa shape index (κ2) is 9.59. The molecule has 0 aliphatic carbocycles. The maximum atomic E-state index is 13.5. The van der Waals surface area contributed by atoms with Crippen molar-refractivity contribution in [3.8, 4) is 22.4 Å². The topological polar surface area (TPSA) is 104 Å². The summed E-state index contributed by atoms with van der Waals surface area (Å²) in [7, 11) is 1.71. The molecule has 1 aromatic carbocycles. The van der Waals surface area contributed by atoms with Gasteiger partial charge in [0, 0.05) is 36.6 Å². The molecular formula is C26H31N7O2. The molecule has 9 heteroatoms. The lowest BCUT2D eigenvalue weighted by Gasteiger charge is -2.23. The average molecular weight is 474 g/mol. The fraction of sp³-hybridized carbons (Fsp3) is 0.385. The van der Waals surface area contributed by atoms with Crippen molar-refractivity contribution in [1.82, 2.24) is 29.0 Å². The van der Waals surface area contributed by atoms with Crippen LogP contribution in [0.25, 0.3) is 28.0 Å². The molecule has 1 atom stereocenters. The number of methoxy groups -OCH3 is 1. The number of anilines is 1. The molecule has 0 amide bonds. The molecule has 3 aromatic heterocycles. The fourth-order valence-electron chi connectivity index (χ4n) is 5.08. The Labute approximate surface area is 204 Å². The number of benzene rings is 1. The number of rotatable bonds is 7. The molecule has 2 N–H and O–H groups in total. The zero-order valence-electron chi connectivity index (χ0n) is 20.4. The van der Waals surface area contributed by atoms with Gasteiger partial charge in [-0.2, -0.15) is 0 Å². The monoisotopic (exact) mass is 473 g/mol. The number of fused-ring (bicyclic) bond motifs is 1. The lowest BCUT2D eigenvalue weighted by atomic mass is 9.99. The summed E-state index contributed by atoms with van der Waals surface area (Å²) >= 11 is 0. The first-order valence-corrected chi connectivity index (χ1v) is 12.0. The van der Waals surface area contributed by atoms with Crippen molar-refractivity contribution >= 4 is 11.6 Å². The van der Waals surface area contributed by atoms with Crippen LogP contribution in [0.1, 0.15) is 24.2 Å². The normalized spacial score (nSPS) is 16.4. The highest BCUT2D eigenvalue weighted by Crippen LogP contribution is 2.34. The Balaban J connectivity index is 1.69. The molecule has 1 aliphatic rings. The van der Waals surface area contributed by atoms with Crippen molar-refractivity contribution < 1.29 is 4.74 Å². The van der Waals surface area contributed by atoms with Gasteiger partial charge in [0.1, 0.15) is 0 Å². The van der Waals surface area contributed by atoms with Gasteiger partial charge in [0.25, 0.3) is 0 Å². The van der Waals surface area contributed by atoms with E-state index in [0.717, 1.165) is 54.0 Å². The molecule has 1 saturated heterocycles. The van der Waals surface area contributed by atoms with Gasteiger partial charge < -0.3 is 10.5 Å². The second-order valence-corrected chi connectivity index (χ2v) is 9.15. The summed E-state index contributed by atoms with van der Waals surface area (Å²) < 4.78 is 8.24. The highest BCUT2D eigenvalue weighted by atomic mass is 16.5. The van der Waals surface area contributed by atoms with E-state index < -0.39 is 0 Å². The molecule has 1 aliphatic heterocycles. The van der Waals surface area contributed by atoms with Crippen LogP contribution in [0.5, 0.6) is 0 Å². The first kappa shape index (κ1) is 23.2. The maximum Gasteiger partial charge on any atom is 0.353 e. The van der Waals surface area contributed by atoms with E-state index in [0.29, 0.717) is 24.5 Å². The number of likely N-dealkylation sites (tertiary alicyclic amines) is 1. The second-order valence-electron chi connectivity index (χ2n) is 9.15. The number of nitrogen functional groups attached to an aromatic ring is 1. The smallest absolute Gasteiger partial charge is 0.353 e. The van der Waals surface area contributed by atoms with Gasteiger partial charge in [0.15, 0.2) is 5.65 Å². The van der Waals surface area contributed by atoms with Crippen molar-refractivity contribution in [2.45, 2.75) is 39.3 Å². The van der Waals surface area contributed by atoms with Gasteiger partial charge in [-0.3, -0.25) is 9.88 Å². The Morgan fingerprint density at radius 2 is 1.83 bits per heavy atom. The zero-order chi connectivity index (χ0) is 24.5. The van der Waals surface area contributed by atoms with Gasteiger partial charge in [0.2, 0.25) is 5.95 Å². The van der Waals surface area contributed by atoms with Crippen molar-refractivity contribution in [2.75, 3.05) is 32.5 Å². The Kier molecular flexibility index (Phi) is 6.36. The van der Waals surface area contributed by atoms with E-state index in [2.05, 4.69) is 9.88 Å². The SMILES string of the molecule is COCCN1CCC[C@H]1Cn1nc2c(-c3cc(C)nc(C)c3)c(-c3ccccc3)nc(N)n2c1=O. The van der Waals surface area contributed by atoms with E-state index in [-0.39, 0.29) is 17.7 Å². The van der Waals surface area contributed by atoms with E-state index in [4.69, 9.17) is 20.6 Å². The molecule has 4 heterocycles. The molecule has 0 saturated carbocycles. The third-order valence-corrected chi connectivity index (χ3v) is 6.64. The van der Waals surface area contributed by atoms with Crippen molar-refractivity contribution in [1.29, 1.82) is 0 Å². The van der Waals surface area contributed by atoms with Gasteiger partial charge in [-0.05, 0) is 50.9 Å². The Morgan fingerprint density at radius 3 is 2.54 bits per heavy atom. The van der Waals surface area contributed by atoms with E-state index in [9.17, 15) is 4.79 Å². The van der Waals surface area contributed by atoms with Crippen LogP contribution in [-0.4, -0.2) is 61.9 Å². The Morgan fingerprint density at radius 1 is 1.09 bits per heavy atom. The van der Waals surface area contributed by atoms with Gasteiger partial charge in [-0.15, -0.1) is 5.10 Å².